The van der Waals surface area contributed by atoms with Crippen LogP contribution in [0.25, 0.3) is 0 Å². The Hall–Kier alpha value is -0.890. The number of rotatable bonds is 4. The highest BCUT2D eigenvalue weighted by atomic mass is 32.2. The van der Waals surface area contributed by atoms with Gasteiger partial charge in [0.2, 0.25) is 0 Å². The molecule has 0 radical (unpaired) electrons. The molecule has 2 rings (SSSR count). The van der Waals surface area contributed by atoms with E-state index in [4.69, 9.17) is 0 Å². The first-order chi connectivity index (χ1) is 7.84. The number of hydrogen-bond acceptors (Lipinski definition) is 2. The topological polar surface area (TPSA) is 20.2 Å². The molecule has 0 amide bonds. The lowest BCUT2D eigenvalue weighted by Crippen LogP contribution is -2.07. The van der Waals surface area contributed by atoms with Crippen LogP contribution in [0.15, 0.2) is 47.1 Å². The summed E-state index contributed by atoms with van der Waals surface area (Å²) in [6.45, 7) is 0. The van der Waals surface area contributed by atoms with Crippen LogP contribution in [0.2, 0.25) is 0 Å². The van der Waals surface area contributed by atoms with Gasteiger partial charge in [-0.1, -0.05) is 18.2 Å². The van der Waals surface area contributed by atoms with Crippen molar-refractivity contribution < 1.29 is 5.11 Å². The van der Waals surface area contributed by atoms with Crippen LogP contribution in [0.1, 0.15) is 25.7 Å². The molecule has 2 heteroatoms. The fourth-order valence-corrected chi connectivity index (χ4v) is 3.11. The van der Waals surface area contributed by atoms with Gasteiger partial charge in [0.1, 0.15) is 0 Å². The summed E-state index contributed by atoms with van der Waals surface area (Å²) in [4.78, 5) is 1.35. The van der Waals surface area contributed by atoms with Crippen LogP contribution in [0.3, 0.4) is 0 Å². The van der Waals surface area contributed by atoms with Crippen LogP contribution >= 0.6 is 11.8 Å². The molecular weight excluding hydrogens is 216 g/mol. The van der Waals surface area contributed by atoms with E-state index in [0.29, 0.717) is 11.7 Å². The van der Waals surface area contributed by atoms with E-state index in [-0.39, 0.29) is 0 Å². The van der Waals surface area contributed by atoms with Gasteiger partial charge in [-0.15, -0.1) is 11.8 Å². The fourth-order valence-electron chi connectivity index (χ4n) is 2.07. The second kappa shape index (κ2) is 6.00. The lowest BCUT2D eigenvalue weighted by molar-refractivity contribution is 0.317. The molecule has 1 nitrogen and oxygen atoms in total. The Kier molecular flexibility index (Phi) is 4.34. The number of aliphatic hydroxyl groups is 1. The number of hydrogen-bond donors (Lipinski definition) is 1. The fraction of sp³-hybridized carbons (Fsp3) is 0.429. The van der Waals surface area contributed by atoms with Crippen molar-refractivity contribution in [2.45, 2.75) is 30.6 Å². The van der Waals surface area contributed by atoms with Crippen LogP contribution in [0, 0.1) is 5.92 Å². The van der Waals surface area contributed by atoms with Crippen LogP contribution in [0.5, 0.6) is 0 Å². The third-order valence-corrected chi connectivity index (χ3v) is 4.04. The van der Waals surface area contributed by atoms with Gasteiger partial charge in [0, 0.05) is 11.3 Å². The first kappa shape index (κ1) is 11.6. The Labute approximate surface area is 102 Å². The molecule has 1 N–H and O–H groups in total. The summed E-state index contributed by atoms with van der Waals surface area (Å²) in [5.41, 5.74) is 0. The molecule has 1 aromatic rings. The predicted molar refractivity (Wildman–Crippen MR) is 69.8 cm³/mol. The second-order valence-corrected chi connectivity index (χ2v) is 5.46. The highest BCUT2D eigenvalue weighted by Crippen LogP contribution is 2.28. The summed E-state index contributed by atoms with van der Waals surface area (Å²) >= 11 is 1.91. The summed E-state index contributed by atoms with van der Waals surface area (Å²) in [6, 6.07) is 10.5. The van der Waals surface area contributed by atoms with Crippen LogP contribution in [0.4, 0.5) is 0 Å². The highest BCUT2D eigenvalue weighted by molar-refractivity contribution is 7.99. The number of aliphatic hydroxyl groups excluding tert-OH is 1. The molecular formula is C14H18OS. The Morgan fingerprint density at radius 2 is 2.06 bits per heavy atom. The van der Waals surface area contributed by atoms with E-state index in [9.17, 15) is 5.11 Å². The summed E-state index contributed by atoms with van der Waals surface area (Å²) in [6.07, 6.45) is 6.33. The zero-order valence-corrected chi connectivity index (χ0v) is 10.2. The summed E-state index contributed by atoms with van der Waals surface area (Å²) in [7, 11) is 0. The molecule has 1 atom stereocenters. The Bertz CT molecular complexity index is 345. The quantitative estimate of drug-likeness (QED) is 0.779. The van der Waals surface area contributed by atoms with Gasteiger partial charge in [0.25, 0.3) is 0 Å². The highest BCUT2D eigenvalue weighted by Gasteiger charge is 2.14. The van der Waals surface area contributed by atoms with Gasteiger partial charge in [-0.2, -0.15) is 0 Å². The molecule has 86 valence electrons. The minimum Gasteiger partial charge on any atom is -0.513 e. The smallest absolute Gasteiger partial charge is 0.0885 e. The van der Waals surface area contributed by atoms with Crippen molar-refractivity contribution in [2.24, 2.45) is 5.92 Å². The molecule has 1 aromatic carbocycles. The number of allylic oxidation sites excluding steroid dienone is 2. The third kappa shape index (κ3) is 3.60. The average molecular weight is 234 g/mol. The summed E-state index contributed by atoms with van der Waals surface area (Å²) in [5, 5.41) is 9.45. The maximum Gasteiger partial charge on any atom is 0.0885 e. The van der Waals surface area contributed by atoms with Crippen LogP contribution < -0.4 is 0 Å². The second-order valence-electron chi connectivity index (χ2n) is 4.29. The maximum atomic E-state index is 9.45. The van der Waals surface area contributed by atoms with Crippen LogP contribution in [-0.4, -0.2) is 10.9 Å². The van der Waals surface area contributed by atoms with Gasteiger partial charge in [0.05, 0.1) is 5.76 Å². The van der Waals surface area contributed by atoms with Crippen molar-refractivity contribution in [3.05, 3.63) is 42.2 Å². The Morgan fingerprint density at radius 1 is 1.25 bits per heavy atom. The third-order valence-electron chi connectivity index (χ3n) is 2.99. The van der Waals surface area contributed by atoms with Crippen molar-refractivity contribution in [1.82, 2.24) is 0 Å². The van der Waals surface area contributed by atoms with Crippen molar-refractivity contribution >= 4 is 11.8 Å². The minimum atomic E-state index is 0.598. The lowest BCUT2D eigenvalue weighted by atomic mass is 9.91. The molecule has 0 spiro atoms. The molecule has 0 bridgehead atoms. The van der Waals surface area contributed by atoms with Crippen molar-refractivity contribution in [3.8, 4) is 0 Å². The van der Waals surface area contributed by atoms with Gasteiger partial charge in [-0.25, -0.2) is 0 Å². The van der Waals surface area contributed by atoms with Gasteiger partial charge in [0.15, 0.2) is 0 Å². The standard InChI is InChI=1S/C14H18OS/c15-13-6-4-5-12(11-13)9-10-16-14-7-2-1-3-8-14/h1-3,6-8,12,15H,4-5,9-11H2. The van der Waals surface area contributed by atoms with Gasteiger partial charge < -0.3 is 5.11 Å². The van der Waals surface area contributed by atoms with Gasteiger partial charge >= 0.3 is 0 Å². The molecule has 0 heterocycles. The largest absolute Gasteiger partial charge is 0.513 e. The number of benzene rings is 1. The van der Waals surface area contributed by atoms with E-state index < -0.39 is 0 Å². The maximum absolute atomic E-state index is 9.45. The Morgan fingerprint density at radius 3 is 2.81 bits per heavy atom. The molecule has 0 saturated carbocycles. The van der Waals surface area contributed by atoms with Crippen molar-refractivity contribution in [3.63, 3.8) is 0 Å². The van der Waals surface area contributed by atoms with Gasteiger partial charge in [-0.3, -0.25) is 0 Å². The van der Waals surface area contributed by atoms with E-state index in [1.54, 1.807) is 0 Å². The minimum absolute atomic E-state index is 0.598. The average Bonchev–Trinajstić information content (AvgIpc) is 2.30. The molecule has 0 aromatic heterocycles. The van der Waals surface area contributed by atoms with Crippen LogP contribution in [-0.2, 0) is 0 Å². The molecule has 16 heavy (non-hydrogen) atoms. The molecule has 0 fully saturated rings. The molecule has 0 saturated heterocycles. The van der Waals surface area contributed by atoms with E-state index in [1.165, 1.54) is 17.7 Å². The molecule has 1 aliphatic rings. The summed E-state index contributed by atoms with van der Waals surface area (Å²) in [5.74, 6) is 2.43. The molecule has 1 unspecified atom stereocenters. The zero-order valence-electron chi connectivity index (χ0n) is 9.43. The zero-order chi connectivity index (χ0) is 11.2. The Balaban J connectivity index is 1.71. The van der Waals surface area contributed by atoms with Crippen molar-refractivity contribution in [2.75, 3.05) is 5.75 Å². The first-order valence-corrected chi connectivity index (χ1v) is 6.89. The first-order valence-electron chi connectivity index (χ1n) is 5.90. The number of thioether (sulfide) groups is 1. The van der Waals surface area contributed by atoms with E-state index in [2.05, 4.69) is 24.3 Å². The predicted octanol–water partition coefficient (Wildman–Crippen LogP) is 4.41. The summed E-state index contributed by atoms with van der Waals surface area (Å²) < 4.78 is 0. The normalized spacial score (nSPS) is 20.5. The van der Waals surface area contributed by atoms with E-state index in [1.807, 2.05) is 23.9 Å². The molecule has 1 aliphatic carbocycles. The van der Waals surface area contributed by atoms with E-state index in [0.717, 1.165) is 18.6 Å². The van der Waals surface area contributed by atoms with Gasteiger partial charge in [-0.05, 0) is 49.1 Å². The van der Waals surface area contributed by atoms with Crippen molar-refractivity contribution in [1.29, 1.82) is 0 Å². The lowest BCUT2D eigenvalue weighted by Gasteiger charge is -2.19. The van der Waals surface area contributed by atoms with E-state index >= 15 is 0 Å². The monoisotopic (exact) mass is 234 g/mol. The SMILES string of the molecule is OC1=CCCC(CCSc2ccccc2)C1. The molecule has 0 aliphatic heterocycles.